The first-order chi connectivity index (χ1) is 8.29. The molecular formula is C14H9NO2. The summed E-state index contributed by atoms with van der Waals surface area (Å²) in [7, 11) is 0. The Morgan fingerprint density at radius 1 is 1.06 bits per heavy atom. The van der Waals surface area contributed by atoms with Crippen molar-refractivity contribution in [3.05, 3.63) is 65.7 Å². The largest absolute Gasteiger partial charge is 0.423 e. The van der Waals surface area contributed by atoms with Gasteiger partial charge >= 0.3 is 5.97 Å². The maximum Gasteiger partial charge on any atom is 0.343 e. The van der Waals surface area contributed by atoms with E-state index in [-0.39, 0.29) is 0 Å². The lowest BCUT2D eigenvalue weighted by atomic mass is 10.1. The molecule has 0 spiro atoms. The van der Waals surface area contributed by atoms with Gasteiger partial charge in [0.1, 0.15) is 5.75 Å². The molecule has 0 aliphatic carbocycles. The van der Waals surface area contributed by atoms with Gasteiger partial charge in [0.15, 0.2) is 0 Å². The number of nitriles is 1. The van der Waals surface area contributed by atoms with E-state index in [0.29, 0.717) is 16.9 Å². The summed E-state index contributed by atoms with van der Waals surface area (Å²) in [6.45, 7) is 0. The van der Waals surface area contributed by atoms with Crippen LogP contribution in [-0.4, -0.2) is 5.97 Å². The number of para-hydroxylation sites is 1. The molecule has 2 rings (SSSR count). The van der Waals surface area contributed by atoms with E-state index in [4.69, 9.17) is 10.00 Å². The molecule has 3 heteroatoms. The van der Waals surface area contributed by atoms with Crippen molar-refractivity contribution < 1.29 is 9.53 Å². The van der Waals surface area contributed by atoms with Gasteiger partial charge in [0.2, 0.25) is 0 Å². The molecule has 17 heavy (non-hydrogen) atoms. The summed E-state index contributed by atoms with van der Waals surface area (Å²) in [4.78, 5) is 11.8. The molecule has 2 aromatic carbocycles. The molecule has 0 aromatic heterocycles. The van der Waals surface area contributed by atoms with Crippen LogP contribution in [-0.2, 0) is 0 Å². The molecule has 0 fully saturated rings. The Hall–Kier alpha value is -2.60. The Morgan fingerprint density at radius 3 is 2.53 bits per heavy atom. The maximum absolute atomic E-state index is 11.8. The Morgan fingerprint density at radius 2 is 1.82 bits per heavy atom. The van der Waals surface area contributed by atoms with Crippen molar-refractivity contribution in [1.82, 2.24) is 0 Å². The second kappa shape index (κ2) is 4.95. The number of carbonyl (C=O) groups excluding carboxylic acids is 1. The fourth-order valence-electron chi connectivity index (χ4n) is 1.37. The minimum absolute atomic E-state index is 0.368. The molecule has 0 heterocycles. The summed E-state index contributed by atoms with van der Waals surface area (Å²) in [5.74, 6) is 0.0214. The predicted octanol–water partition coefficient (Wildman–Crippen LogP) is 2.78. The van der Waals surface area contributed by atoms with Crippen LogP contribution in [0.4, 0.5) is 0 Å². The molecule has 0 N–H and O–H groups in total. The molecule has 82 valence electrons. The molecule has 0 bridgehead atoms. The molecular weight excluding hydrogens is 214 g/mol. The fourth-order valence-corrected chi connectivity index (χ4v) is 1.37. The van der Waals surface area contributed by atoms with Crippen LogP contribution < -0.4 is 4.74 Å². The van der Waals surface area contributed by atoms with Crippen LogP contribution in [0.3, 0.4) is 0 Å². The fraction of sp³-hybridized carbons (Fsp3) is 0. The van der Waals surface area contributed by atoms with Gasteiger partial charge < -0.3 is 4.74 Å². The Bertz CT molecular complexity index is 570. The van der Waals surface area contributed by atoms with Crippen molar-refractivity contribution in [3.63, 3.8) is 0 Å². The van der Waals surface area contributed by atoms with Crippen molar-refractivity contribution >= 4 is 5.97 Å². The van der Waals surface area contributed by atoms with E-state index in [1.54, 1.807) is 42.5 Å². The molecule has 3 nitrogen and oxygen atoms in total. The number of nitrogens with zero attached hydrogens (tertiary/aromatic N) is 1. The zero-order valence-electron chi connectivity index (χ0n) is 8.96. The Kier molecular flexibility index (Phi) is 3.18. The average Bonchev–Trinajstić information content (AvgIpc) is 2.40. The van der Waals surface area contributed by atoms with E-state index in [1.807, 2.05) is 12.1 Å². The first-order valence-corrected chi connectivity index (χ1v) is 5.07. The lowest BCUT2D eigenvalue weighted by molar-refractivity contribution is 0.0734. The molecule has 2 aromatic rings. The van der Waals surface area contributed by atoms with Gasteiger partial charge in [0.05, 0.1) is 17.2 Å². The van der Waals surface area contributed by atoms with E-state index in [9.17, 15) is 4.79 Å². The first-order valence-electron chi connectivity index (χ1n) is 5.07. The van der Waals surface area contributed by atoms with E-state index in [2.05, 4.69) is 0 Å². The summed E-state index contributed by atoms with van der Waals surface area (Å²) in [6, 6.07) is 17.2. The van der Waals surface area contributed by atoms with Gasteiger partial charge in [-0.1, -0.05) is 24.3 Å². The van der Waals surface area contributed by atoms with Crippen LogP contribution in [0.2, 0.25) is 0 Å². The summed E-state index contributed by atoms with van der Waals surface area (Å²) < 4.78 is 5.15. The SMILES string of the molecule is N#Cc1cccc(C(=O)Oc2ccccc2)c1. The Labute approximate surface area is 98.9 Å². The second-order valence-corrected chi connectivity index (χ2v) is 3.40. The lowest BCUT2D eigenvalue weighted by Gasteiger charge is -2.03. The summed E-state index contributed by atoms with van der Waals surface area (Å²) in [6.07, 6.45) is 0. The molecule has 0 aliphatic rings. The van der Waals surface area contributed by atoms with Crippen LogP contribution in [0.15, 0.2) is 54.6 Å². The minimum Gasteiger partial charge on any atom is -0.423 e. The number of rotatable bonds is 2. The number of benzene rings is 2. The highest BCUT2D eigenvalue weighted by Crippen LogP contribution is 2.12. The monoisotopic (exact) mass is 223 g/mol. The van der Waals surface area contributed by atoms with Gasteiger partial charge in [-0.15, -0.1) is 0 Å². The van der Waals surface area contributed by atoms with E-state index < -0.39 is 5.97 Å². The van der Waals surface area contributed by atoms with Crippen LogP contribution in [0.5, 0.6) is 5.75 Å². The van der Waals surface area contributed by atoms with Crippen LogP contribution in [0.25, 0.3) is 0 Å². The number of esters is 1. The predicted molar refractivity (Wildman–Crippen MR) is 62.6 cm³/mol. The second-order valence-electron chi connectivity index (χ2n) is 3.40. The van der Waals surface area contributed by atoms with Crippen molar-refractivity contribution in [2.75, 3.05) is 0 Å². The number of hydrogen-bond acceptors (Lipinski definition) is 3. The normalized spacial score (nSPS) is 9.35. The van der Waals surface area contributed by atoms with Gasteiger partial charge in [0, 0.05) is 0 Å². The van der Waals surface area contributed by atoms with E-state index >= 15 is 0 Å². The number of ether oxygens (including phenoxy) is 1. The quantitative estimate of drug-likeness (QED) is 0.581. The van der Waals surface area contributed by atoms with Gasteiger partial charge in [-0.25, -0.2) is 4.79 Å². The van der Waals surface area contributed by atoms with E-state index in [1.165, 1.54) is 6.07 Å². The minimum atomic E-state index is -0.465. The van der Waals surface area contributed by atoms with Crippen molar-refractivity contribution in [3.8, 4) is 11.8 Å². The summed E-state index contributed by atoms with van der Waals surface area (Å²) >= 11 is 0. The zero-order chi connectivity index (χ0) is 12.1. The third-order valence-electron chi connectivity index (χ3n) is 2.18. The molecule has 0 atom stereocenters. The molecule has 0 aliphatic heterocycles. The summed E-state index contributed by atoms with van der Waals surface area (Å²) in [5, 5.41) is 8.73. The molecule has 0 saturated heterocycles. The number of carbonyl (C=O) groups is 1. The number of hydrogen-bond donors (Lipinski definition) is 0. The van der Waals surface area contributed by atoms with Crippen molar-refractivity contribution in [2.24, 2.45) is 0 Å². The van der Waals surface area contributed by atoms with E-state index in [0.717, 1.165) is 0 Å². The van der Waals surface area contributed by atoms with Gasteiger partial charge in [-0.05, 0) is 30.3 Å². The molecule has 0 amide bonds. The van der Waals surface area contributed by atoms with Gasteiger partial charge in [0.25, 0.3) is 0 Å². The highest BCUT2D eigenvalue weighted by atomic mass is 16.5. The first kappa shape index (κ1) is 10.9. The Balaban J connectivity index is 2.18. The molecule has 0 saturated carbocycles. The topological polar surface area (TPSA) is 50.1 Å². The van der Waals surface area contributed by atoms with Crippen molar-refractivity contribution in [2.45, 2.75) is 0 Å². The van der Waals surface area contributed by atoms with Gasteiger partial charge in [-0.3, -0.25) is 0 Å². The van der Waals surface area contributed by atoms with Crippen LogP contribution in [0.1, 0.15) is 15.9 Å². The third kappa shape index (κ3) is 2.70. The van der Waals surface area contributed by atoms with Gasteiger partial charge in [-0.2, -0.15) is 5.26 Å². The molecule has 0 radical (unpaired) electrons. The molecule has 0 unspecified atom stereocenters. The standard InChI is InChI=1S/C14H9NO2/c15-10-11-5-4-6-12(9-11)14(16)17-13-7-2-1-3-8-13/h1-9H. The van der Waals surface area contributed by atoms with Crippen LogP contribution in [0, 0.1) is 11.3 Å². The third-order valence-corrected chi connectivity index (χ3v) is 2.18. The van der Waals surface area contributed by atoms with Crippen LogP contribution >= 0.6 is 0 Å². The highest BCUT2D eigenvalue weighted by Gasteiger charge is 2.08. The zero-order valence-corrected chi connectivity index (χ0v) is 8.96. The highest BCUT2D eigenvalue weighted by molar-refractivity contribution is 5.91. The summed E-state index contributed by atoms with van der Waals surface area (Å²) in [5.41, 5.74) is 0.806. The lowest BCUT2D eigenvalue weighted by Crippen LogP contribution is -2.08. The average molecular weight is 223 g/mol. The van der Waals surface area contributed by atoms with Crippen molar-refractivity contribution in [1.29, 1.82) is 5.26 Å². The maximum atomic E-state index is 11.8. The smallest absolute Gasteiger partial charge is 0.343 e.